The van der Waals surface area contributed by atoms with E-state index in [0.717, 1.165) is 21.1 Å². The van der Waals surface area contributed by atoms with Crippen LogP contribution >= 0.6 is 11.3 Å². The molecule has 25 heavy (non-hydrogen) atoms. The van der Waals surface area contributed by atoms with E-state index in [9.17, 15) is 4.79 Å². The number of carbonyl (C=O) groups excluding carboxylic acids is 1. The van der Waals surface area contributed by atoms with E-state index < -0.39 is 0 Å². The van der Waals surface area contributed by atoms with Gasteiger partial charge >= 0.3 is 0 Å². The van der Waals surface area contributed by atoms with Gasteiger partial charge in [-0.3, -0.25) is 4.79 Å². The Labute approximate surface area is 149 Å². The van der Waals surface area contributed by atoms with E-state index >= 15 is 0 Å². The number of carbonyl (C=O) groups is 1. The molecule has 0 aliphatic rings. The quantitative estimate of drug-likeness (QED) is 0.566. The molecule has 0 atom stereocenters. The lowest BCUT2D eigenvalue weighted by Gasteiger charge is -2.05. The molecule has 1 N–H and O–H groups in total. The molecule has 2 aromatic heterocycles. The molecule has 0 radical (unpaired) electrons. The number of benzene rings is 2. The van der Waals surface area contributed by atoms with Crippen molar-refractivity contribution in [1.29, 1.82) is 0 Å². The number of hydrogen-bond acceptors (Lipinski definition) is 4. The molecule has 0 fully saturated rings. The minimum Gasteiger partial charge on any atom is -0.497 e. The first kappa shape index (κ1) is 15.6. The average Bonchev–Trinajstić information content (AvgIpc) is 3.03. The zero-order chi connectivity index (χ0) is 17.4. The van der Waals surface area contributed by atoms with Crippen LogP contribution < -0.4 is 10.1 Å². The summed E-state index contributed by atoms with van der Waals surface area (Å²) in [6, 6.07) is 17.5. The van der Waals surface area contributed by atoms with E-state index in [0.29, 0.717) is 16.3 Å². The summed E-state index contributed by atoms with van der Waals surface area (Å²) in [6.45, 7) is 2.05. The Morgan fingerprint density at radius 3 is 2.80 bits per heavy atom. The van der Waals surface area contributed by atoms with Crippen molar-refractivity contribution < 1.29 is 9.53 Å². The van der Waals surface area contributed by atoms with Gasteiger partial charge < -0.3 is 10.1 Å². The Balaban J connectivity index is 1.68. The number of fused-ring (bicyclic) bond motifs is 2. The number of thiophene rings is 1. The predicted molar refractivity (Wildman–Crippen MR) is 103 cm³/mol. The van der Waals surface area contributed by atoms with Crippen molar-refractivity contribution in [1.82, 2.24) is 4.98 Å². The van der Waals surface area contributed by atoms with E-state index in [4.69, 9.17) is 9.72 Å². The fraction of sp³-hybridized carbons (Fsp3) is 0.100. The molecular weight excluding hydrogens is 332 g/mol. The van der Waals surface area contributed by atoms with Gasteiger partial charge in [-0.1, -0.05) is 18.2 Å². The monoisotopic (exact) mass is 348 g/mol. The van der Waals surface area contributed by atoms with Crippen LogP contribution in [0.3, 0.4) is 0 Å². The molecule has 5 heteroatoms. The van der Waals surface area contributed by atoms with E-state index in [1.165, 1.54) is 16.9 Å². The third kappa shape index (κ3) is 3.06. The largest absolute Gasteiger partial charge is 0.497 e. The van der Waals surface area contributed by atoms with Gasteiger partial charge in [-0.2, -0.15) is 0 Å². The highest BCUT2D eigenvalue weighted by molar-refractivity contribution is 7.20. The van der Waals surface area contributed by atoms with Gasteiger partial charge in [0.15, 0.2) is 0 Å². The molecule has 4 aromatic rings. The van der Waals surface area contributed by atoms with Crippen LogP contribution in [0.1, 0.15) is 15.2 Å². The zero-order valence-electron chi connectivity index (χ0n) is 13.9. The molecule has 0 aliphatic carbocycles. The van der Waals surface area contributed by atoms with Crippen molar-refractivity contribution in [3.8, 4) is 5.75 Å². The third-order valence-electron chi connectivity index (χ3n) is 4.01. The van der Waals surface area contributed by atoms with Crippen LogP contribution in [-0.4, -0.2) is 18.0 Å². The van der Waals surface area contributed by atoms with E-state index in [2.05, 4.69) is 29.6 Å². The van der Waals surface area contributed by atoms with Crippen molar-refractivity contribution in [3.05, 3.63) is 65.0 Å². The maximum atomic E-state index is 12.6. The second-order valence-corrected chi connectivity index (χ2v) is 6.91. The van der Waals surface area contributed by atoms with Crippen LogP contribution in [0.2, 0.25) is 0 Å². The maximum absolute atomic E-state index is 12.6. The summed E-state index contributed by atoms with van der Waals surface area (Å²) in [4.78, 5) is 18.8. The highest BCUT2D eigenvalue weighted by atomic mass is 32.1. The van der Waals surface area contributed by atoms with Gasteiger partial charge in [-0.05, 0) is 42.8 Å². The molecule has 4 nitrogen and oxygen atoms in total. The van der Waals surface area contributed by atoms with Crippen LogP contribution in [0.4, 0.5) is 5.69 Å². The van der Waals surface area contributed by atoms with Gasteiger partial charge in [0.2, 0.25) is 0 Å². The number of pyridine rings is 1. The number of aryl methyl sites for hydroxylation is 1. The number of nitrogens with one attached hydrogen (secondary N) is 1. The molecule has 1 amide bonds. The number of rotatable bonds is 3. The molecule has 2 heterocycles. The summed E-state index contributed by atoms with van der Waals surface area (Å²) >= 11 is 1.40. The van der Waals surface area contributed by atoms with Gasteiger partial charge in [-0.25, -0.2) is 4.98 Å². The Morgan fingerprint density at radius 1 is 1.08 bits per heavy atom. The minimum absolute atomic E-state index is 0.142. The number of ether oxygens (including phenoxy) is 1. The maximum Gasteiger partial charge on any atom is 0.265 e. The van der Waals surface area contributed by atoms with Crippen LogP contribution in [-0.2, 0) is 0 Å². The molecule has 4 rings (SSSR count). The molecule has 0 bridgehead atoms. The second-order valence-electron chi connectivity index (χ2n) is 5.88. The van der Waals surface area contributed by atoms with Crippen molar-refractivity contribution in [2.24, 2.45) is 0 Å². The third-order valence-corrected chi connectivity index (χ3v) is 5.05. The Kier molecular flexibility index (Phi) is 3.86. The lowest BCUT2D eigenvalue weighted by molar-refractivity contribution is 0.103. The van der Waals surface area contributed by atoms with E-state index in [1.807, 2.05) is 31.2 Å². The highest BCUT2D eigenvalue weighted by Crippen LogP contribution is 2.28. The Hall–Kier alpha value is -2.92. The van der Waals surface area contributed by atoms with Crippen molar-refractivity contribution in [2.45, 2.75) is 6.92 Å². The van der Waals surface area contributed by atoms with Gasteiger partial charge in [0, 0.05) is 22.5 Å². The number of hydrogen-bond donors (Lipinski definition) is 1. The molecule has 0 saturated carbocycles. The predicted octanol–water partition coefficient (Wildman–Crippen LogP) is 5.02. The molecular formula is C20H16N2O2S. The van der Waals surface area contributed by atoms with Crippen molar-refractivity contribution in [3.63, 3.8) is 0 Å². The number of methoxy groups -OCH3 is 1. The van der Waals surface area contributed by atoms with Crippen LogP contribution in [0.25, 0.3) is 21.1 Å². The standard InChI is InChI=1S/C20H16N2O2S/c1-12-6-7-13-9-14-10-18(25-20(14)22-17(13)8-12)19(23)21-15-4-3-5-16(11-15)24-2/h3-11H,1-2H3,(H,21,23). The summed E-state index contributed by atoms with van der Waals surface area (Å²) in [7, 11) is 1.60. The normalized spacial score (nSPS) is 11.0. The lowest BCUT2D eigenvalue weighted by Crippen LogP contribution is -2.09. The summed E-state index contributed by atoms with van der Waals surface area (Å²) in [5.74, 6) is 0.564. The summed E-state index contributed by atoms with van der Waals surface area (Å²) in [5, 5.41) is 4.97. The SMILES string of the molecule is COc1cccc(NC(=O)c2cc3cc4ccc(C)cc4nc3s2)c1. The van der Waals surface area contributed by atoms with Gasteiger partial charge in [0.1, 0.15) is 10.6 Å². The van der Waals surface area contributed by atoms with Gasteiger partial charge in [0.05, 0.1) is 17.5 Å². The van der Waals surface area contributed by atoms with Gasteiger partial charge in [-0.15, -0.1) is 11.3 Å². The molecule has 2 aromatic carbocycles. The lowest BCUT2D eigenvalue weighted by atomic mass is 10.1. The zero-order valence-corrected chi connectivity index (χ0v) is 14.7. The van der Waals surface area contributed by atoms with Crippen LogP contribution in [0.15, 0.2) is 54.6 Å². The fourth-order valence-corrected chi connectivity index (χ4v) is 3.66. The summed E-state index contributed by atoms with van der Waals surface area (Å²) in [6.07, 6.45) is 0. The minimum atomic E-state index is -0.142. The number of anilines is 1. The van der Waals surface area contributed by atoms with Crippen molar-refractivity contribution >= 4 is 44.1 Å². The first-order valence-electron chi connectivity index (χ1n) is 7.89. The summed E-state index contributed by atoms with van der Waals surface area (Å²) in [5.41, 5.74) is 2.83. The highest BCUT2D eigenvalue weighted by Gasteiger charge is 2.12. The smallest absolute Gasteiger partial charge is 0.265 e. The number of aromatic nitrogens is 1. The van der Waals surface area contributed by atoms with Crippen LogP contribution in [0, 0.1) is 6.92 Å². The Bertz CT molecular complexity index is 1100. The fourth-order valence-electron chi connectivity index (χ4n) is 2.74. The van der Waals surface area contributed by atoms with E-state index in [-0.39, 0.29) is 5.91 Å². The molecule has 0 saturated heterocycles. The second kappa shape index (κ2) is 6.18. The average molecular weight is 348 g/mol. The first-order valence-corrected chi connectivity index (χ1v) is 8.70. The van der Waals surface area contributed by atoms with Crippen molar-refractivity contribution in [2.75, 3.05) is 12.4 Å². The summed E-state index contributed by atoms with van der Waals surface area (Å²) < 4.78 is 5.19. The van der Waals surface area contributed by atoms with Gasteiger partial charge in [0.25, 0.3) is 5.91 Å². The molecule has 0 unspecified atom stereocenters. The first-order chi connectivity index (χ1) is 12.1. The van der Waals surface area contributed by atoms with Crippen LogP contribution in [0.5, 0.6) is 5.75 Å². The van der Waals surface area contributed by atoms with E-state index in [1.54, 1.807) is 13.2 Å². The number of amides is 1. The topological polar surface area (TPSA) is 51.2 Å². The number of nitrogens with zero attached hydrogens (tertiary/aromatic N) is 1. The molecule has 124 valence electrons. The molecule has 0 spiro atoms. The Morgan fingerprint density at radius 2 is 1.96 bits per heavy atom. The molecule has 0 aliphatic heterocycles.